The van der Waals surface area contributed by atoms with Gasteiger partial charge in [0.2, 0.25) is 5.96 Å². The molecule has 3 aromatic heterocycles. The topological polar surface area (TPSA) is 34.2 Å². The Bertz CT molecular complexity index is 4100. The van der Waals surface area contributed by atoms with Gasteiger partial charge < -0.3 is 9.88 Å². The van der Waals surface area contributed by atoms with Gasteiger partial charge in [-0.15, -0.1) is 11.3 Å². The number of rotatable bonds is 4. The van der Waals surface area contributed by atoms with Gasteiger partial charge in [-0.05, 0) is 93.2 Å². The molecule has 5 heteroatoms. The summed E-state index contributed by atoms with van der Waals surface area (Å²) < 4.78 is 7.45. The lowest BCUT2D eigenvalue weighted by Gasteiger charge is -2.28. The molecule has 1 aliphatic heterocycles. The van der Waals surface area contributed by atoms with E-state index in [4.69, 9.17) is 4.99 Å². The van der Waals surface area contributed by atoms with E-state index in [1.54, 1.807) is 0 Å². The molecule has 0 radical (unpaired) electrons. The molecule has 1 unspecified atom stereocenters. The summed E-state index contributed by atoms with van der Waals surface area (Å²) in [6.45, 7) is 0. The second-order valence-electron chi connectivity index (χ2n) is 17.1. The van der Waals surface area contributed by atoms with E-state index in [0.717, 1.165) is 28.4 Å². The SMILES string of the molecule is c1ccc(-c2cccc(-n3c4ccc(-c5ccc6c(c5)c5ccccc5n6C5=Nc6ccccc6C(c6ccccc6)N5)cc4c4c5ccccc5c5c6ccccc6sc5c43)c2)cc1. The summed E-state index contributed by atoms with van der Waals surface area (Å²) in [5.74, 6) is 0.821. The van der Waals surface area contributed by atoms with Gasteiger partial charge in [-0.1, -0.05) is 164 Å². The number of nitrogens with one attached hydrogen (secondary N) is 1. The third-order valence-corrected chi connectivity index (χ3v) is 14.7. The summed E-state index contributed by atoms with van der Waals surface area (Å²) in [6, 6.07) is 79.6. The van der Waals surface area contributed by atoms with E-state index in [1.807, 2.05) is 11.3 Å². The molecule has 0 fully saturated rings. The lowest BCUT2D eigenvalue weighted by Crippen LogP contribution is -2.36. The fourth-order valence-electron chi connectivity index (χ4n) is 10.7. The van der Waals surface area contributed by atoms with Crippen molar-refractivity contribution in [2.75, 3.05) is 0 Å². The molecule has 10 aromatic carbocycles. The van der Waals surface area contributed by atoms with Crippen LogP contribution >= 0.6 is 11.3 Å². The second-order valence-corrected chi connectivity index (χ2v) is 18.2. The van der Waals surface area contributed by atoms with E-state index in [2.05, 4.69) is 233 Å². The minimum Gasteiger partial charge on any atom is -0.344 e. The molecule has 1 atom stereocenters. The lowest BCUT2D eigenvalue weighted by molar-refractivity contribution is 0.731. The summed E-state index contributed by atoms with van der Waals surface area (Å²) in [7, 11) is 0. The molecular formula is C60H38N4S. The summed E-state index contributed by atoms with van der Waals surface area (Å²) in [5, 5.41) is 14.0. The monoisotopic (exact) mass is 846 g/mol. The Morgan fingerprint density at radius 2 is 1.02 bits per heavy atom. The average molecular weight is 847 g/mol. The fraction of sp³-hybridized carbons (Fsp3) is 0.0167. The summed E-state index contributed by atoms with van der Waals surface area (Å²) in [6.07, 6.45) is 0. The first-order valence-electron chi connectivity index (χ1n) is 22.2. The van der Waals surface area contributed by atoms with Gasteiger partial charge in [-0.3, -0.25) is 4.57 Å². The predicted octanol–water partition coefficient (Wildman–Crippen LogP) is 16.0. The van der Waals surface area contributed by atoms with Crippen molar-refractivity contribution in [2.45, 2.75) is 6.04 Å². The molecule has 0 saturated heterocycles. The Hall–Kier alpha value is -8.25. The highest BCUT2D eigenvalue weighted by Crippen LogP contribution is 2.49. The van der Waals surface area contributed by atoms with Crippen molar-refractivity contribution in [2.24, 2.45) is 4.99 Å². The number of nitrogens with zero attached hydrogens (tertiary/aromatic N) is 3. The van der Waals surface area contributed by atoms with E-state index in [1.165, 1.54) is 96.9 Å². The third kappa shape index (κ3) is 5.46. The van der Waals surface area contributed by atoms with Gasteiger partial charge in [-0.2, -0.15) is 0 Å². The van der Waals surface area contributed by atoms with Crippen molar-refractivity contribution in [3.05, 3.63) is 230 Å². The van der Waals surface area contributed by atoms with Crippen LogP contribution in [0.3, 0.4) is 0 Å². The predicted molar refractivity (Wildman–Crippen MR) is 275 cm³/mol. The maximum Gasteiger partial charge on any atom is 0.209 e. The van der Waals surface area contributed by atoms with Gasteiger partial charge in [0.15, 0.2) is 0 Å². The van der Waals surface area contributed by atoms with Crippen molar-refractivity contribution in [3.63, 3.8) is 0 Å². The highest BCUT2D eigenvalue weighted by Gasteiger charge is 2.27. The number of para-hydroxylation sites is 2. The van der Waals surface area contributed by atoms with E-state index >= 15 is 0 Å². The number of benzene rings is 10. The molecule has 4 nitrogen and oxygen atoms in total. The average Bonchev–Trinajstić information content (AvgIpc) is 4.05. The van der Waals surface area contributed by atoms with Crippen molar-refractivity contribution in [1.82, 2.24) is 14.5 Å². The van der Waals surface area contributed by atoms with Crippen molar-refractivity contribution < 1.29 is 0 Å². The Balaban J connectivity index is 1.00. The molecule has 1 N–H and O–H groups in total. The number of hydrogen-bond acceptors (Lipinski definition) is 3. The van der Waals surface area contributed by atoms with Crippen LogP contribution < -0.4 is 5.32 Å². The zero-order valence-electron chi connectivity index (χ0n) is 35.1. The van der Waals surface area contributed by atoms with E-state index in [0.29, 0.717) is 0 Å². The quantitative estimate of drug-likeness (QED) is 0.188. The number of aromatic nitrogens is 2. The smallest absolute Gasteiger partial charge is 0.209 e. The summed E-state index contributed by atoms with van der Waals surface area (Å²) in [5.41, 5.74) is 14.0. The van der Waals surface area contributed by atoms with Gasteiger partial charge in [0, 0.05) is 48.3 Å². The zero-order chi connectivity index (χ0) is 42.6. The zero-order valence-corrected chi connectivity index (χ0v) is 35.9. The van der Waals surface area contributed by atoms with Crippen LogP contribution in [-0.4, -0.2) is 15.1 Å². The van der Waals surface area contributed by atoms with Crippen molar-refractivity contribution in [1.29, 1.82) is 0 Å². The Labute approximate surface area is 378 Å². The van der Waals surface area contributed by atoms with Gasteiger partial charge in [0.25, 0.3) is 0 Å². The van der Waals surface area contributed by atoms with Crippen LogP contribution in [-0.2, 0) is 0 Å². The van der Waals surface area contributed by atoms with E-state index < -0.39 is 0 Å². The molecule has 0 saturated carbocycles. The van der Waals surface area contributed by atoms with Crippen LogP contribution in [0.25, 0.3) is 102 Å². The summed E-state index contributed by atoms with van der Waals surface area (Å²) >= 11 is 1.90. The van der Waals surface area contributed by atoms with E-state index in [-0.39, 0.29) is 6.04 Å². The van der Waals surface area contributed by atoms with Crippen LogP contribution in [0, 0.1) is 0 Å². The fourth-order valence-corrected chi connectivity index (χ4v) is 11.9. The van der Waals surface area contributed by atoms with Gasteiger partial charge >= 0.3 is 0 Å². The van der Waals surface area contributed by atoms with Gasteiger partial charge in [0.05, 0.1) is 38.5 Å². The molecule has 0 spiro atoms. The van der Waals surface area contributed by atoms with E-state index in [9.17, 15) is 0 Å². The first kappa shape index (κ1) is 36.3. The van der Waals surface area contributed by atoms with Gasteiger partial charge in [-0.25, -0.2) is 4.99 Å². The highest BCUT2D eigenvalue weighted by atomic mass is 32.1. The Morgan fingerprint density at radius 3 is 1.83 bits per heavy atom. The highest BCUT2D eigenvalue weighted by molar-refractivity contribution is 7.27. The number of fused-ring (bicyclic) bond motifs is 14. The normalized spacial score (nSPS) is 13.9. The first-order valence-corrected chi connectivity index (χ1v) is 23.1. The standard InChI is InChI=1S/C60H38N4S/c1-3-16-37(17-4-1)39-20-15-21-42(34-39)63-53-33-31-41(36-49(53)55-44-23-7-8-24-45(44)56-47-26-11-14-29-54(47)65-59(56)58(55)63)40-30-32-52-48(35-40)43-22-10-13-28-51(43)64(52)60-61-50-27-12-9-25-46(50)57(62-60)38-18-5-2-6-19-38/h1-36,57H,(H,61,62). The summed E-state index contributed by atoms with van der Waals surface area (Å²) in [4.78, 5) is 5.28. The van der Waals surface area contributed by atoms with Crippen molar-refractivity contribution >= 4 is 97.5 Å². The Kier molecular flexibility index (Phi) is 7.88. The maximum absolute atomic E-state index is 5.28. The van der Waals surface area contributed by atoms with Crippen molar-refractivity contribution in [3.8, 4) is 27.9 Å². The minimum atomic E-state index is -0.0325. The van der Waals surface area contributed by atoms with Gasteiger partial charge in [0.1, 0.15) is 0 Å². The molecule has 4 heterocycles. The molecular weight excluding hydrogens is 809 g/mol. The van der Waals surface area contributed by atoms with Crippen LogP contribution in [0.1, 0.15) is 17.2 Å². The second kappa shape index (κ2) is 14.1. The molecule has 304 valence electrons. The molecule has 14 rings (SSSR count). The molecule has 1 aliphatic rings. The Morgan fingerprint density at radius 1 is 0.415 bits per heavy atom. The molecule has 65 heavy (non-hydrogen) atoms. The number of aliphatic imine (C=N–C) groups is 1. The van der Waals surface area contributed by atoms with Crippen LogP contribution in [0.15, 0.2) is 223 Å². The molecule has 0 bridgehead atoms. The lowest BCUT2D eigenvalue weighted by atomic mass is 9.96. The molecule has 0 amide bonds. The maximum atomic E-state index is 5.28. The van der Waals surface area contributed by atoms with Crippen LogP contribution in [0.5, 0.6) is 0 Å². The molecule has 13 aromatic rings. The molecule has 0 aliphatic carbocycles. The first-order chi connectivity index (χ1) is 32.2. The van der Waals surface area contributed by atoms with Crippen LogP contribution in [0.2, 0.25) is 0 Å². The largest absolute Gasteiger partial charge is 0.344 e. The van der Waals surface area contributed by atoms with Crippen LogP contribution in [0.4, 0.5) is 5.69 Å². The third-order valence-electron chi connectivity index (χ3n) is 13.6. The number of thiophene rings is 1. The minimum absolute atomic E-state index is 0.0325. The number of hydrogen-bond donors (Lipinski definition) is 1.